The van der Waals surface area contributed by atoms with E-state index in [1.165, 1.54) is 16.8 Å². The molecule has 7 nitrogen and oxygen atoms in total. The normalized spacial score (nSPS) is 14.9. The highest BCUT2D eigenvalue weighted by atomic mass is 19.2. The molecule has 1 aromatic carbocycles. The minimum atomic E-state index is -0.984. The molecule has 3 rings (SSSR count). The highest BCUT2D eigenvalue weighted by Gasteiger charge is 2.30. The van der Waals surface area contributed by atoms with E-state index in [4.69, 9.17) is 5.11 Å². The van der Waals surface area contributed by atoms with E-state index in [9.17, 15) is 18.4 Å². The van der Waals surface area contributed by atoms with Crippen molar-refractivity contribution in [1.29, 1.82) is 0 Å². The van der Waals surface area contributed by atoms with Gasteiger partial charge in [0.2, 0.25) is 5.91 Å². The summed E-state index contributed by atoms with van der Waals surface area (Å²) in [4.78, 5) is 27.6. The number of rotatable bonds is 6. The third-order valence-electron chi connectivity index (χ3n) is 5.70. The zero-order chi connectivity index (χ0) is 24.3. The lowest BCUT2D eigenvalue weighted by Crippen LogP contribution is -2.38. The van der Waals surface area contributed by atoms with Gasteiger partial charge in [0.15, 0.2) is 11.6 Å². The molecule has 0 bridgehead atoms. The van der Waals surface area contributed by atoms with Crippen LogP contribution < -0.4 is 10.2 Å². The smallest absolute Gasteiger partial charge is 0.270 e. The molecule has 1 aromatic heterocycles. The summed E-state index contributed by atoms with van der Waals surface area (Å²) < 4.78 is 28.6. The number of anilines is 1. The second-order valence-corrected chi connectivity index (χ2v) is 9.27. The monoisotopic (exact) mass is 460 g/mol. The number of halogens is 2. The van der Waals surface area contributed by atoms with Crippen LogP contribution in [-0.4, -0.2) is 53.4 Å². The van der Waals surface area contributed by atoms with Gasteiger partial charge in [-0.25, -0.2) is 8.78 Å². The van der Waals surface area contributed by atoms with Crippen LogP contribution in [-0.2, 0) is 11.2 Å². The fourth-order valence-electron chi connectivity index (χ4n) is 3.99. The quantitative estimate of drug-likeness (QED) is 0.647. The Hall–Kier alpha value is -3.07. The molecule has 178 valence electrons. The summed E-state index contributed by atoms with van der Waals surface area (Å²) in [6, 6.07) is 3.56. The van der Waals surface area contributed by atoms with Gasteiger partial charge in [-0.05, 0) is 36.5 Å². The lowest BCUT2D eigenvalue weighted by Gasteiger charge is -2.27. The Balaban J connectivity index is 1.99. The molecule has 0 spiro atoms. The summed E-state index contributed by atoms with van der Waals surface area (Å²) in [6.07, 6.45) is 4.30. The van der Waals surface area contributed by atoms with Crippen molar-refractivity contribution >= 4 is 17.5 Å². The Morgan fingerprint density at radius 3 is 2.64 bits per heavy atom. The van der Waals surface area contributed by atoms with E-state index >= 15 is 0 Å². The molecule has 33 heavy (non-hydrogen) atoms. The number of carbonyl (C=O) groups is 2. The number of allylic oxidation sites excluding steroid dienone is 1. The van der Waals surface area contributed by atoms with E-state index in [1.807, 2.05) is 32.7 Å². The summed E-state index contributed by atoms with van der Waals surface area (Å²) in [7, 11) is 1.87. The number of aliphatic hydroxyl groups is 1. The van der Waals surface area contributed by atoms with Crippen LogP contribution >= 0.6 is 0 Å². The first-order chi connectivity index (χ1) is 15.5. The van der Waals surface area contributed by atoms with Gasteiger partial charge in [0.05, 0.1) is 23.9 Å². The first-order valence-electron chi connectivity index (χ1n) is 10.9. The summed E-state index contributed by atoms with van der Waals surface area (Å²) in [5.74, 6) is -3.26. The van der Waals surface area contributed by atoms with E-state index in [2.05, 4.69) is 10.4 Å². The summed E-state index contributed by atoms with van der Waals surface area (Å²) in [5.41, 5.74) is 1.72. The van der Waals surface area contributed by atoms with Gasteiger partial charge in [0.1, 0.15) is 5.69 Å². The van der Waals surface area contributed by atoms with Gasteiger partial charge < -0.3 is 15.3 Å². The molecule has 2 heterocycles. The third-order valence-corrected chi connectivity index (χ3v) is 5.70. The van der Waals surface area contributed by atoms with Gasteiger partial charge in [-0.2, -0.15) is 9.78 Å². The average molecular weight is 461 g/mol. The van der Waals surface area contributed by atoms with Crippen LogP contribution in [0.4, 0.5) is 14.5 Å². The van der Waals surface area contributed by atoms with Crippen molar-refractivity contribution in [3.8, 4) is 11.3 Å². The molecular formula is C24H30F2N4O3. The summed E-state index contributed by atoms with van der Waals surface area (Å²) in [5, 5.41) is 16.1. The second-order valence-electron chi connectivity index (χ2n) is 9.27. The lowest BCUT2D eigenvalue weighted by atomic mass is 9.80. The zero-order valence-electron chi connectivity index (χ0n) is 19.4. The predicted molar refractivity (Wildman–Crippen MR) is 122 cm³/mol. The van der Waals surface area contributed by atoms with E-state index in [-0.39, 0.29) is 19.1 Å². The minimum Gasteiger partial charge on any atom is -0.395 e. The number of nitrogens with one attached hydrogen (secondary N) is 1. The van der Waals surface area contributed by atoms with E-state index < -0.39 is 28.9 Å². The Bertz CT molecular complexity index is 1070. The third kappa shape index (κ3) is 5.30. The van der Waals surface area contributed by atoms with Crippen LogP contribution in [0.5, 0.6) is 0 Å². The minimum absolute atomic E-state index is 0.129. The van der Waals surface area contributed by atoms with Gasteiger partial charge in [-0.3, -0.25) is 9.59 Å². The van der Waals surface area contributed by atoms with Crippen molar-refractivity contribution in [1.82, 2.24) is 15.1 Å². The van der Waals surface area contributed by atoms with Crippen molar-refractivity contribution in [3.05, 3.63) is 47.7 Å². The number of hydrogen-bond donors (Lipinski definition) is 2. The molecule has 9 heteroatoms. The standard InChI is InChI=1S/C24H30F2N4O3/c1-24(2,3)16(23(33)27-11-13-31)8-10-20(32)30-19-6-5-12-29(4)22(19)21(28-30)15-7-9-17(25)18(26)14-15/h7-10,14,16,31H,5-6,11-13H2,1-4H3,(H,27,33)/b10-8-/t16-/m1/s1. The van der Waals surface area contributed by atoms with Gasteiger partial charge in [0.25, 0.3) is 5.91 Å². The maximum absolute atomic E-state index is 13.9. The number of benzene rings is 1. The van der Waals surface area contributed by atoms with Crippen LogP contribution in [0.25, 0.3) is 11.3 Å². The number of aromatic nitrogens is 2. The van der Waals surface area contributed by atoms with Crippen LogP contribution in [0, 0.1) is 23.0 Å². The van der Waals surface area contributed by atoms with Crippen molar-refractivity contribution in [2.45, 2.75) is 33.6 Å². The average Bonchev–Trinajstić information content (AvgIpc) is 3.14. The molecule has 0 saturated carbocycles. The van der Waals surface area contributed by atoms with Gasteiger partial charge >= 0.3 is 0 Å². The fourth-order valence-corrected chi connectivity index (χ4v) is 3.99. The fraction of sp³-hybridized carbons (Fsp3) is 0.458. The lowest BCUT2D eigenvalue weighted by molar-refractivity contribution is -0.126. The first-order valence-corrected chi connectivity index (χ1v) is 10.9. The van der Waals surface area contributed by atoms with Crippen LogP contribution in [0.3, 0.4) is 0 Å². The number of aliphatic hydroxyl groups excluding tert-OH is 1. The van der Waals surface area contributed by atoms with Crippen LogP contribution in [0.2, 0.25) is 0 Å². The number of hydrogen-bond acceptors (Lipinski definition) is 5. The molecule has 0 fully saturated rings. The Morgan fingerprint density at radius 1 is 1.27 bits per heavy atom. The molecule has 1 atom stereocenters. The van der Waals surface area contributed by atoms with E-state index in [0.717, 1.165) is 25.1 Å². The number of fused-ring (bicyclic) bond motifs is 1. The summed E-state index contributed by atoms with van der Waals surface area (Å²) in [6.45, 7) is 6.36. The first kappa shape index (κ1) is 24.6. The highest BCUT2D eigenvalue weighted by Crippen LogP contribution is 2.37. The van der Waals surface area contributed by atoms with E-state index in [1.54, 1.807) is 6.08 Å². The number of amides is 1. The summed E-state index contributed by atoms with van der Waals surface area (Å²) >= 11 is 0. The second kappa shape index (κ2) is 9.82. The van der Waals surface area contributed by atoms with Crippen LogP contribution in [0.15, 0.2) is 30.4 Å². The molecule has 2 aromatic rings. The number of carbonyl (C=O) groups excluding carboxylic acids is 2. The maximum Gasteiger partial charge on any atom is 0.270 e. The van der Waals surface area contributed by atoms with Crippen molar-refractivity contribution in [2.75, 3.05) is 31.6 Å². The Kier molecular flexibility index (Phi) is 7.31. The largest absolute Gasteiger partial charge is 0.395 e. The molecule has 1 aliphatic heterocycles. The molecule has 2 N–H and O–H groups in total. The predicted octanol–water partition coefficient (Wildman–Crippen LogP) is 3.18. The topological polar surface area (TPSA) is 87.5 Å². The van der Waals surface area contributed by atoms with Gasteiger partial charge in [0, 0.05) is 31.8 Å². The maximum atomic E-state index is 13.9. The van der Waals surface area contributed by atoms with Crippen molar-refractivity contribution in [3.63, 3.8) is 0 Å². The Labute approximate surface area is 192 Å². The number of nitrogens with zero attached hydrogens (tertiary/aromatic N) is 3. The highest BCUT2D eigenvalue weighted by molar-refractivity contribution is 5.93. The Morgan fingerprint density at radius 2 is 2.00 bits per heavy atom. The molecule has 1 aliphatic rings. The van der Waals surface area contributed by atoms with Crippen molar-refractivity contribution < 1.29 is 23.5 Å². The van der Waals surface area contributed by atoms with Gasteiger partial charge in [-0.1, -0.05) is 26.8 Å². The molecule has 0 radical (unpaired) electrons. The van der Waals surface area contributed by atoms with Crippen LogP contribution in [0.1, 0.15) is 37.7 Å². The molecule has 1 amide bonds. The van der Waals surface area contributed by atoms with Crippen molar-refractivity contribution in [2.24, 2.45) is 11.3 Å². The molecular weight excluding hydrogens is 430 g/mol. The molecule has 0 saturated heterocycles. The van der Waals surface area contributed by atoms with E-state index in [0.29, 0.717) is 29.1 Å². The zero-order valence-corrected chi connectivity index (χ0v) is 19.4. The molecule has 0 unspecified atom stereocenters. The van der Waals surface area contributed by atoms with Gasteiger partial charge in [-0.15, -0.1) is 0 Å². The molecule has 0 aliphatic carbocycles. The SMILES string of the molecule is CN1CCCc2c1c(-c1ccc(F)c(F)c1)nn2C(=O)/C=C\[C@H](C(=O)NCCO)C(C)(C)C.